The van der Waals surface area contributed by atoms with E-state index in [-0.39, 0.29) is 0 Å². The van der Waals surface area contributed by atoms with Crippen molar-refractivity contribution in [1.29, 1.82) is 0 Å². The minimum atomic E-state index is 0.404. The standard InChI is InChI=1S/C17H31N/c1-5-18-15(16(2,3)4)17-9-12-6-13(10-17)8-14(7-12)11-17/h12-15,18H,5-11H2,1-4H3. The van der Waals surface area contributed by atoms with Gasteiger partial charge in [-0.15, -0.1) is 0 Å². The minimum absolute atomic E-state index is 0.404. The van der Waals surface area contributed by atoms with E-state index in [4.69, 9.17) is 0 Å². The third-order valence-corrected chi connectivity index (χ3v) is 5.97. The summed E-state index contributed by atoms with van der Waals surface area (Å²) in [5.74, 6) is 3.21. The molecule has 1 heteroatoms. The summed E-state index contributed by atoms with van der Waals surface area (Å²) >= 11 is 0. The van der Waals surface area contributed by atoms with E-state index >= 15 is 0 Å². The van der Waals surface area contributed by atoms with E-state index in [9.17, 15) is 0 Å². The summed E-state index contributed by atoms with van der Waals surface area (Å²) < 4.78 is 0. The predicted octanol–water partition coefficient (Wildman–Crippen LogP) is 4.23. The Hall–Kier alpha value is -0.0400. The van der Waals surface area contributed by atoms with Crippen molar-refractivity contribution >= 4 is 0 Å². The van der Waals surface area contributed by atoms with Crippen LogP contribution in [-0.2, 0) is 0 Å². The van der Waals surface area contributed by atoms with Gasteiger partial charge in [-0.05, 0) is 73.7 Å². The topological polar surface area (TPSA) is 12.0 Å². The molecule has 4 bridgehead atoms. The summed E-state index contributed by atoms with van der Waals surface area (Å²) in [6.07, 6.45) is 9.24. The van der Waals surface area contributed by atoms with Gasteiger partial charge in [-0.25, -0.2) is 0 Å². The molecule has 0 aromatic rings. The molecule has 4 fully saturated rings. The van der Waals surface area contributed by atoms with E-state index < -0.39 is 0 Å². The van der Waals surface area contributed by atoms with E-state index in [1.807, 2.05) is 0 Å². The molecule has 0 aromatic carbocycles. The summed E-state index contributed by atoms with van der Waals surface area (Å²) in [4.78, 5) is 0. The fourth-order valence-electron chi connectivity index (χ4n) is 6.18. The van der Waals surface area contributed by atoms with Gasteiger partial charge < -0.3 is 5.32 Å². The van der Waals surface area contributed by atoms with Gasteiger partial charge in [0.15, 0.2) is 0 Å². The highest BCUT2D eigenvalue weighted by Gasteiger charge is 2.55. The molecule has 104 valence electrons. The first-order valence-electron chi connectivity index (χ1n) is 8.16. The second-order valence-electron chi connectivity index (χ2n) is 8.64. The molecule has 0 spiro atoms. The Morgan fingerprint density at radius 3 is 1.78 bits per heavy atom. The highest BCUT2D eigenvalue weighted by atomic mass is 15.0. The molecular weight excluding hydrogens is 218 g/mol. The Labute approximate surface area is 113 Å². The van der Waals surface area contributed by atoms with E-state index in [1.165, 1.54) is 19.3 Å². The van der Waals surface area contributed by atoms with Gasteiger partial charge in [0.2, 0.25) is 0 Å². The van der Waals surface area contributed by atoms with Gasteiger partial charge in [0.05, 0.1) is 0 Å². The van der Waals surface area contributed by atoms with Gasteiger partial charge in [0, 0.05) is 6.04 Å². The molecule has 4 saturated carbocycles. The number of hydrogen-bond donors (Lipinski definition) is 1. The van der Waals surface area contributed by atoms with Crippen LogP contribution >= 0.6 is 0 Å². The van der Waals surface area contributed by atoms with Crippen LogP contribution in [0.4, 0.5) is 0 Å². The minimum Gasteiger partial charge on any atom is -0.313 e. The second-order valence-corrected chi connectivity index (χ2v) is 8.64. The van der Waals surface area contributed by atoms with Crippen molar-refractivity contribution < 1.29 is 0 Å². The number of hydrogen-bond acceptors (Lipinski definition) is 1. The third kappa shape index (κ3) is 2.03. The Bertz CT molecular complexity index is 277. The summed E-state index contributed by atoms with van der Waals surface area (Å²) in [5, 5.41) is 3.88. The average Bonchev–Trinajstić information content (AvgIpc) is 2.22. The molecule has 18 heavy (non-hydrogen) atoms. The molecule has 0 aliphatic heterocycles. The lowest BCUT2D eigenvalue weighted by Crippen LogP contribution is -2.60. The summed E-state index contributed by atoms with van der Waals surface area (Å²) in [5.41, 5.74) is 1.05. The smallest absolute Gasteiger partial charge is 0.0172 e. The van der Waals surface area contributed by atoms with Crippen LogP contribution in [0.2, 0.25) is 0 Å². The van der Waals surface area contributed by atoms with Crippen LogP contribution in [0.5, 0.6) is 0 Å². The monoisotopic (exact) mass is 249 g/mol. The molecule has 4 aliphatic rings. The van der Waals surface area contributed by atoms with Crippen molar-refractivity contribution in [3.8, 4) is 0 Å². The van der Waals surface area contributed by atoms with Crippen molar-refractivity contribution in [3.63, 3.8) is 0 Å². The maximum atomic E-state index is 3.88. The Kier molecular flexibility index (Phi) is 3.05. The van der Waals surface area contributed by atoms with E-state index in [1.54, 1.807) is 19.3 Å². The fourth-order valence-corrected chi connectivity index (χ4v) is 6.18. The molecule has 1 atom stereocenters. The molecular formula is C17H31N. The Morgan fingerprint density at radius 1 is 1.00 bits per heavy atom. The van der Waals surface area contributed by atoms with Crippen LogP contribution in [0.15, 0.2) is 0 Å². The van der Waals surface area contributed by atoms with Crippen LogP contribution in [0.25, 0.3) is 0 Å². The molecule has 4 rings (SSSR count). The van der Waals surface area contributed by atoms with Crippen molar-refractivity contribution in [3.05, 3.63) is 0 Å². The normalized spacial score (nSPS) is 44.3. The maximum absolute atomic E-state index is 3.88. The van der Waals surface area contributed by atoms with Gasteiger partial charge >= 0.3 is 0 Å². The van der Waals surface area contributed by atoms with E-state index in [0.29, 0.717) is 10.8 Å². The number of rotatable bonds is 3. The zero-order valence-electron chi connectivity index (χ0n) is 12.8. The van der Waals surface area contributed by atoms with Crippen LogP contribution in [-0.4, -0.2) is 12.6 Å². The molecule has 1 N–H and O–H groups in total. The molecule has 1 unspecified atom stereocenters. The van der Waals surface area contributed by atoms with Crippen molar-refractivity contribution in [1.82, 2.24) is 5.32 Å². The largest absolute Gasteiger partial charge is 0.313 e. The zero-order valence-corrected chi connectivity index (χ0v) is 12.8. The quantitative estimate of drug-likeness (QED) is 0.789. The summed E-state index contributed by atoms with van der Waals surface area (Å²) in [7, 11) is 0. The lowest BCUT2D eigenvalue weighted by atomic mass is 9.45. The SMILES string of the molecule is CCNC(C(C)(C)C)C12CC3CC(CC(C3)C1)C2. The molecule has 0 heterocycles. The van der Waals surface area contributed by atoms with Gasteiger partial charge in [0.1, 0.15) is 0 Å². The highest BCUT2D eigenvalue weighted by Crippen LogP contribution is 2.62. The summed E-state index contributed by atoms with van der Waals surface area (Å²) in [6, 6.07) is 0.725. The van der Waals surface area contributed by atoms with Crippen LogP contribution in [0, 0.1) is 28.6 Å². The highest BCUT2D eigenvalue weighted by molar-refractivity contribution is 5.08. The van der Waals surface area contributed by atoms with Gasteiger partial charge in [0.25, 0.3) is 0 Å². The van der Waals surface area contributed by atoms with E-state index in [0.717, 1.165) is 30.3 Å². The lowest BCUT2D eigenvalue weighted by Gasteiger charge is -2.61. The maximum Gasteiger partial charge on any atom is 0.0172 e. The molecule has 4 aliphatic carbocycles. The first-order valence-corrected chi connectivity index (χ1v) is 8.16. The molecule has 0 saturated heterocycles. The molecule has 0 amide bonds. The fraction of sp³-hybridized carbons (Fsp3) is 1.00. The first kappa shape index (κ1) is 13.0. The Balaban J connectivity index is 1.88. The molecule has 0 aromatic heterocycles. The van der Waals surface area contributed by atoms with Gasteiger partial charge in [-0.1, -0.05) is 27.7 Å². The lowest BCUT2D eigenvalue weighted by molar-refractivity contribution is -0.0941. The van der Waals surface area contributed by atoms with Crippen molar-refractivity contribution in [2.75, 3.05) is 6.54 Å². The van der Waals surface area contributed by atoms with E-state index in [2.05, 4.69) is 33.0 Å². The summed E-state index contributed by atoms with van der Waals surface area (Å²) in [6.45, 7) is 10.7. The molecule has 0 radical (unpaired) electrons. The van der Waals surface area contributed by atoms with Crippen LogP contribution in [0.3, 0.4) is 0 Å². The average molecular weight is 249 g/mol. The number of nitrogens with one attached hydrogen (secondary N) is 1. The molecule has 1 nitrogen and oxygen atoms in total. The van der Waals surface area contributed by atoms with Crippen LogP contribution in [0.1, 0.15) is 66.2 Å². The van der Waals surface area contributed by atoms with Crippen molar-refractivity contribution in [2.45, 2.75) is 72.3 Å². The first-order chi connectivity index (χ1) is 8.43. The second kappa shape index (κ2) is 4.23. The zero-order chi connectivity index (χ0) is 13.0. The Morgan fingerprint density at radius 2 is 1.44 bits per heavy atom. The van der Waals surface area contributed by atoms with Crippen molar-refractivity contribution in [2.24, 2.45) is 28.6 Å². The van der Waals surface area contributed by atoms with Crippen LogP contribution < -0.4 is 5.32 Å². The third-order valence-electron chi connectivity index (χ3n) is 5.97. The van der Waals surface area contributed by atoms with Gasteiger partial charge in [-0.3, -0.25) is 0 Å². The van der Waals surface area contributed by atoms with Gasteiger partial charge in [-0.2, -0.15) is 0 Å². The predicted molar refractivity (Wildman–Crippen MR) is 77.5 cm³/mol.